The Bertz CT molecular complexity index is 1300. The average molecular weight is 558 g/mol. The van der Waals surface area contributed by atoms with Crippen molar-refractivity contribution in [2.75, 3.05) is 7.11 Å². The zero-order valence-corrected chi connectivity index (χ0v) is 23.6. The van der Waals surface area contributed by atoms with Crippen LogP contribution >= 0.6 is 0 Å². The summed E-state index contributed by atoms with van der Waals surface area (Å²) in [4.78, 5) is 42.8. The summed E-state index contributed by atoms with van der Waals surface area (Å²) in [7, 11) is 1.59. The number of hydrogen-bond acceptors (Lipinski definition) is 6. The predicted octanol–water partition coefficient (Wildman–Crippen LogP) is 4.82. The fourth-order valence-corrected chi connectivity index (χ4v) is 5.06. The standard InChI is InChI=1S/C33H39N3O5/c1-41-29-7-4-5-25(19-29)22-36-33(40)30-20-27(6-2-3-18-34-30)32(39)35-21-24-8-13-26(14-9-24)31(38)17-12-23-10-15-28(37)16-11-23/h4-9,13-14,18-20,23,28,37H,2-3,10-12,15-17,21-22H2,1H3,(H,35,39)(H,36,40)/b27-6+,30-20-,34-18?. The number of benzene rings is 2. The van der Waals surface area contributed by atoms with Gasteiger partial charge in [0.25, 0.3) is 11.8 Å². The Morgan fingerprint density at radius 3 is 2.41 bits per heavy atom. The van der Waals surface area contributed by atoms with Gasteiger partial charge in [-0.2, -0.15) is 0 Å². The summed E-state index contributed by atoms with van der Waals surface area (Å²) in [5.41, 5.74) is 2.99. The first-order chi connectivity index (χ1) is 19.9. The maximum Gasteiger partial charge on any atom is 0.270 e. The molecule has 0 spiro atoms. The zero-order chi connectivity index (χ0) is 29.0. The molecule has 216 valence electrons. The Morgan fingerprint density at radius 1 is 0.927 bits per heavy atom. The predicted molar refractivity (Wildman–Crippen MR) is 159 cm³/mol. The molecule has 8 heteroatoms. The summed E-state index contributed by atoms with van der Waals surface area (Å²) in [5.74, 6) is 0.678. The van der Waals surface area contributed by atoms with Gasteiger partial charge in [0.2, 0.25) is 0 Å². The van der Waals surface area contributed by atoms with Gasteiger partial charge < -0.3 is 20.5 Å². The van der Waals surface area contributed by atoms with Gasteiger partial charge in [-0.1, -0.05) is 42.5 Å². The second-order valence-electron chi connectivity index (χ2n) is 10.6. The highest BCUT2D eigenvalue weighted by Gasteiger charge is 2.20. The highest BCUT2D eigenvalue weighted by molar-refractivity contribution is 6.01. The van der Waals surface area contributed by atoms with Crippen molar-refractivity contribution in [1.82, 2.24) is 10.6 Å². The van der Waals surface area contributed by atoms with Crippen LogP contribution in [0, 0.1) is 5.92 Å². The largest absolute Gasteiger partial charge is 0.497 e. The Morgan fingerprint density at radius 2 is 1.66 bits per heavy atom. The number of aliphatic hydroxyl groups is 1. The first-order valence-electron chi connectivity index (χ1n) is 14.3. The monoisotopic (exact) mass is 557 g/mol. The summed E-state index contributed by atoms with van der Waals surface area (Å²) >= 11 is 0. The van der Waals surface area contributed by atoms with Gasteiger partial charge in [0.05, 0.1) is 13.2 Å². The summed E-state index contributed by atoms with van der Waals surface area (Å²) in [6, 6.07) is 14.8. The molecule has 0 bridgehead atoms. The fraction of sp³-hybridized carbons (Fsp3) is 0.394. The molecule has 0 atom stereocenters. The van der Waals surface area contributed by atoms with Crippen molar-refractivity contribution in [3.8, 4) is 5.75 Å². The number of methoxy groups -OCH3 is 1. The number of hydrogen-bond donors (Lipinski definition) is 3. The van der Waals surface area contributed by atoms with E-state index in [1.54, 1.807) is 13.3 Å². The maximum absolute atomic E-state index is 13.0. The van der Waals surface area contributed by atoms with Crippen LogP contribution in [0.3, 0.4) is 0 Å². The first-order valence-corrected chi connectivity index (χ1v) is 14.3. The van der Waals surface area contributed by atoms with Crippen LogP contribution in [-0.4, -0.2) is 42.1 Å². The van der Waals surface area contributed by atoms with Gasteiger partial charge in [0, 0.05) is 36.9 Å². The maximum atomic E-state index is 13.0. The third-order valence-corrected chi connectivity index (χ3v) is 7.59. The molecular formula is C33H39N3O5. The number of allylic oxidation sites excluding steroid dienone is 1. The molecule has 0 saturated heterocycles. The fourth-order valence-electron chi connectivity index (χ4n) is 5.06. The van der Waals surface area contributed by atoms with E-state index in [0.29, 0.717) is 55.2 Å². The highest BCUT2D eigenvalue weighted by atomic mass is 16.5. The second-order valence-corrected chi connectivity index (χ2v) is 10.6. The van der Waals surface area contributed by atoms with Gasteiger partial charge in [-0.15, -0.1) is 0 Å². The van der Waals surface area contributed by atoms with Crippen LogP contribution in [0.2, 0.25) is 0 Å². The van der Waals surface area contributed by atoms with E-state index < -0.39 is 0 Å². The minimum atomic E-state index is -0.369. The van der Waals surface area contributed by atoms with Crippen LogP contribution in [0.25, 0.3) is 0 Å². The van der Waals surface area contributed by atoms with Crippen LogP contribution in [0.5, 0.6) is 5.75 Å². The molecule has 2 aromatic carbocycles. The summed E-state index contributed by atoms with van der Waals surface area (Å²) in [6.07, 6.45) is 11.1. The van der Waals surface area contributed by atoms with Crippen LogP contribution in [0.1, 0.15) is 72.9 Å². The molecular weight excluding hydrogens is 518 g/mol. The van der Waals surface area contributed by atoms with Gasteiger partial charge in [0.1, 0.15) is 11.4 Å². The molecule has 1 aliphatic heterocycles. The van der Waals surface area contributed by atoms with E-state index >= 15 is 0 Å². The molecule has 3 N–H and O–H groups in total. The summed E-state index contributed by atoms with van der Waals surface area (Å²) < 4.78 is 5.23. The van der Waals surface area contributed by atoms with Gasteiger partial charge in [-0.25, -0.2) is 0 Å². The number of rotatable bonds is 11. The number of carbonyl (C=O) groups excluding carboxylic acids is 3. The van der Waals surface area contributed by atoms with Crippen molar-refractivity contribution in [1.29, 1.82) is 0 Å². The van der Waals surface area contributed by atoms with E-state index in [9.17, 15) is 19.5 Å². The molecule has 41 heavy (non-hydrogen) atoms. The molecule has 1 heterocycles. The Hall–Kier alpha value is -4.04. The average Bonchev–Trinajstić information content (AvgIpc) is 2.98. The van der Waals surface area contributed by atoms with Crippen molar-refractivity contribution in [3.05, 3.63) is 88.6 Å². The Labute approximate surface area is 241 Å². The van der Waals surface area contributed by atoms with Gasteiger partial charge in [0.15, 0.2) is 5.78 Å². The number of nitrogens with zero attached hydrogens (tertiary/aromatic N) is 1. The van der Waals surface area contributed by atoms with Gasteiger partial charge >= 0.3 is 0 Å². The molecule has 1 saturated carbocycles. The van der Waals surface area contributed by atoms with Crippen molar-refractivity contribution in [2.45, 2.75) is 70.6 Å². The van der Waals surface area contributed by atoms with E-state index in [0.717, 1.165) is 43.2 Å². The molecule has 0 radical (unpaired) electrons. The lowest BCUT2D eigenvalue weighted by atomic mass is 9.84. The molecule has 2 aromatic rings. The molecule has 2 aliphatic rings. The van der Waals surface area contributed by atoms with E-state index in [-0.39, 0.29) is 29.4 Å². The topological polar surface area (TPSA) is 117 Å². The molecule has 8 nitrogen and oxygen atoms in total. The number of amides is 2. The smallest absolute Gasteiger partial charge is 0.270 e. The number of Topliss-reactive ketones (excluding diaryl/α,β-unsaturated/α-hetero) is 1. The molecule has 4 rings (SSSR count). The summed E-state index contributed by atoms with van der Waals surface area (Å²) in [6.45, 7) is 0.598. The summed E-state index contributed by atoms with van der Waals surface area (Å²) in [5, 5.41) is 15.4. The van der Waals surface area contributed by atoms with Gasteiger partial charge in [-0.05, 0) is 80.2 Å². The van der Waals surface area contributed by atoms with Crippen molar-refractivity contribution < 1.29 is 24.2 Å². The third-order valence-electron chi connectivity index (χ3n) is 7.59. The third kappa shape index (κ3) is 9.25. The number of carbonyl (C=O) groups is 3. The Balaban J connectivity index is 1.28. The molecule has 1 aliphatic carbocycles. The van der Waals surface area contributed by atoms with Crippen molar-refractivity contribution >= 4 is 23.8 Å². The normalized spacial score (nSPS) is 21.3. The minimum absolute atomic E-state index is 0.120. The van der Waals surface area contributed by atoms with E-state index in [4.69, 9.17) is 4.74 Å². The van der Waals surface area contributed by atoms with Crippen LogP contribution in [0.4, 0.5) is 0 Å². The number of nitrogens with one attached hydrogen (secondary N) is 2. The van der Waals surface area contributed by atoms with Crippen LogP contribution in [-0.2, 0) is 22.7 Å². The second kappa shape index (κ2) is 15.1. The molecule has 0 unspecified atom stereocenters. The van der Waals surface area contributed by atoms with Crippen LogP contribution < -0.4 is 15.4 Å². The zero-order valence-electron chi connectivity index (χ0n) is 23.6. The van der Waals surface area contributed by atoms with Gasteiger partial charge in [-0.3, -0.25) is 19.4 Å². The molecule has 0 aromatic heterocycles. The lowest BCUT2D eigenvalue weighted by Gasteiger charge is -2.24. The van der Waals surface area contributed by atoms with E-state index in [2.05, 4.69) is 15.6 Å². The Kier molecular flexibility index (Phi) is 11.0. The SMILES string of the molecule is COc1cccc(CNC(=O)/C2=C/C(C(=O)NCc3ccc(C(=O)CCC4CCC(O)CC4)cc3)=C\CCC=N2)c1. The minimum Gasteiger partial charge on any atom is -0.497 e. The van der Waals surface area contributed by atoms with E-state index in [1.807, 2.05) is 54.6 Å². The van der Waals surface area contributed by atoms with Crippen LogP contribution in [0.15, 0.2) is 76.9 Å². The molecule has 1 fully saturated rings. The van der Waals surface area contributed by atoms with Crippen molar-refractivity contribution in [3.63, 3.8) is 0 Å². The lowest BCUT2D eigenvalue weighted by molar-refractivity contribution is -0.117. The highest BCUT2D eigenvalue weighted by Crippen LogP contribution is 2.28. The quantitative estimate of drug-likeness (QED) is 0.343. The number of ether oxygens (including phenoxy) is 1. The first kappa shape index (κ1) is 29.9. The number of aliphatic hydroxyl groups excluding tert-OH is 1. The van der Waals surface area contributed by atoms with E-state index in [1.165, 1.54) is 6.08 Å². The number of aliphatic imine (C=N–C) groups is 1. The molecule has 2 amide bonds. The number of ketones is 1. The van der Waals surface area contributed by atoms with Crippen molar-refractivity contribution in [2.24, 2.45) is 10.9 Å². The lowest BCUT2D eigenvalue weighted by Crippen LogP contribution is -2.27.